The van der Waals surface area contributed by atoms with Crippen molar-refractivity contribution in [2.75, 3.05) is 13.1 Å². The van der Waals surface area contributed by atoms with Gasteiger partial charge in [-0.1, -0.05) is 6.07 Å². The van der Waals surface area contributed by atoms with E-state index in [0.717, 1.165) is 6.42 Å². The minimum atomic E-state index is -0.491. The molecule has 2 amide bonds. The second-order valence-corrected chi connectivity index (χ2v) is 6.81. The Morgan fingerprint density at radius 2 is 2.20 bits per heavy atom. The molecule has 5 nitrogen and oxygen atoms in total. The first-order chi connectivity index (χ1) is 9.35. The summed E-state index contributed by atoms with van der Waals surface area (Å²) in [7, 11) is 0. The zero-order valence-corrected chi connectivity index (χ0v) is 12.8. The van der Waals surface area contributed by atoms with Crippen LogP contribution in [0.1, 0.15) is 36.9 Å². The molecule has 6 heteroatoms. The van der Waals surface area contributed by atoms with Gasteiger partial charge in [0.2, 0.25) is 0 Å². The Hall–Kier alpha value is -1.56. The van der Waals surface area contributed by atoms with Crippen LogP contribution in [0.2, 0.25) is 0 Å². The fourth-order valence-electron chi connectivity index (χ4n) is 2.03. The lowest BCUT2D eigenvalue weighted by Crippen LogP contribution is -2.40. The lowest BCUT2D eigenvalue weighted by molar-refractivity contribution is 0.0290. The van der Waals surface area contributed by atoms with Crippen LogP contribution in [-0.4, -0.2) is 41.6 Å². The molecule has 1 aliphatic rings. The lowest BCUT2D eigenvalue weighted by Gasteiger charge is -2.24. The highest BCUT2D eigenvalue weighted by Gasteiger charge is 2.30. The third-order valence-electron chi connectivity index (χ3n) is 2.92. The van der Waals surface area contributed by atoms with Gasteiger partial charge in [-0.15, -0.1) is 11.3 Å². The Morgan fingerprint density at radius 3 is 2.80 bits per heavy atom. The summed E-state index contributed by atoms with van der Waals surface area (Å²) in [5.41, 5.74) is -0.491. The van der Waals surface area contributed by atoms with E-state index in [9.17, 15) is 9.59 Å². The van der Waals surface area contributed by atoms with Gasteiger partial charge in [0.05, 0.1) is 4.88 Å². The SMILES string of the molecule is CC(C)(C)OC(=O)N1CCC(NC(=O)c2cccs2)C1. The van der Waals surface area contributed by atoms with Gasteiger partial charge >= 0.3 is 6.09 Å². The molecule has 1 N–H and O–H groups in total. The van der Waals surface area contributed by atoms with Crippen LogP contribution >= 0.6 is 11.3 Å². The fourth-order valence-corrected chi connectivity index (χ4v) is 2.66. The number of carbonyl (C=O) groups is 2. The number of likely N-dealkylation sites (tertiary alicyclic amines) is 1. The van der Waals surface area contributed by atoms with Crippen molar-refractivity contribution in [3.8, 4) is 0 Å². The van der Waals surface area contributed by atoms with Gasteiger partial charge in [0.25, 0.3) is 5.91 Å². The molecule has 20 heavy (non-hydrogen) atoms. The topological polar surface area (TPSA) is 58.6 Å². The van der Waals surface area contributed by atoms with Crippen molar-refractivity contribution in [3.05, 3.63) is 22.4 Å². The van der Waals surface area contributed by atoms with Crippen molar-refractivity contribution < 1.29 is 14.3 Å². The number of hydrogen-bond donors (Lipinski definition) is 1. The third-order valence-corrected chi connectivity index (χ3v) is 3.79. The molecule has 0 aliphatic carbocycles. The van der Waals surface area contributed by atoms with Gasteiger partial charge in [-0.2, -0.15) is 0 Å². The zero-order valence-electron chi connectivity index (χ0n) is 12.0. The molecule has 2 rings (SSSR count). The molecule has 0 aromatic carbocycles. The molecular formula is C14H20N2O3S. The summed E-state index contributed by atoms with van der Waals surface area (Å²) in [6, 6.07) is 3.64. The highest BCUT2D eigenvalue weighted by atomic mass is 32.1. The van der Waals surface area contributed by atoms with E-state index in [2.05, 4.69) is 5.32 Å². The van der Waals surface area contributed by atoms with Crippen molar-refractivity contribution in [2.45, 2.75) is 38.8 Å². The molecule has 0 spiro atoms. The maximum absolute atomic E-state index is 11.9. The molecule has 1 aromatic heterocycles. The van der Waals surface area contributed by atoms with E-state index in [-0.39, 0.29) is 18.0 Å². The summed E-state index contributed by atoms with van der Waals surface area (Å²) < 4.78 is 5.32. The van der Waals surface area contributed by atoms with Crippen LogP contribution in [0, 0.1) is 0 Å². The maximum atomic E-state index is 11.9. The van der Waals surface area contributed by atoms with Crippen LogP contribution < -0.4 is 5.32 Å². The molecule has 1 saturated heterocycles. The Bertz CT molecular complexity index is 479. The van der Waals surface area contributed by atoms with Gasteiger partial charge in [0, 0.05) is 19.1 Å². The normalized spacial score (nSPS) is 18.9. The summed E-state index contributed by atoms with van der Waals surface area (Å²) in [4.78, 5) is 26.2. The minimum absolute atomic E-state index is 0.00267. The smallest absolute Gasteiger partial charge is 0.410 e. The maximum Gasteiger partial charge on any atom is 0.410 e. The fraction of sp³-hybridized carbons (Fsp3) is 0.571. The summed E-state index contributed by atoms with van der Waals surface area (Å²) in [5, 5.41) is 4.82. The predicted molar refractivity (Wildman–Crippen MR) is 78.0 cm³/mol. The standard InChI is InChI=1S/C14H20N2O3S/c1-14(2,3)19-13(18)16-7-6-10(9-16)15-12(17)11-5-4-8-20-11/h4-5,8,10H,6-7,9H2,1-3H3,(H,15,17). The van der Waals surface area contributed by atoms with Crippen LogP contribution in [0.25, 0.3) is 0 Å². The average molecular weight is 296 g/mol. The molecule has 2 heterocycles. The molecule has 1 aromatic rings. The number of amides is 2. The Morgan fingerprint density at radius 1 is 1.45 bits per heavy atom. The molecular weight excluding hydrogens is 276 g/mol. The van der Waals surface area contributed by atoms with Crippen molar-refractivity contribution in [1.29, 1.82) is 0 Å². The quantitative estimate of drug-likeness (QED) is 0.912. The zero-order chi connectivity index (χ0) is 14.8. The number of hydrogen-bond acceptors (Lipinski definition) is 4. The minimum Gasteiger partial charge on any atom is -0.444 e. The first kappa shape index (κ1) is 14.8. The highest BCUT2D eigenvalue weighted by Crippen LogP contribution is 2.16. The Labute approximate surface area is 122 Å². The number of nitrogens with one attached hydrogen (secondary N) is 1. The van der Waals surface area contributed by atoms with E-state index in [1.807, 2.05) is 32.2 Å². The van der Waals surface area contributed by atoms with Gasteiger partial charge in [0.1, 0.15) is 5.60 Å². The number of rotatable bonds is 2. The number of carbonyl (C=O) groups excluding carboxylic acids is 2. The second kappa shape index (κ2) is 5.83. The summed E-state index contributed by atoms with van der Waals surface area (Å²) in [6.45, 7) is 6.65. The second-order valence-electron chi connectivity index (χ2n) is 5.86. The number of thiophene rings is 1. The summed E-state index contributed by atoms with van der Waals surface area (Å²) >= 11 is 1.41. The van der Waals surface area contributed by atoms with Crippen molar-refractivity contribution in [3.63, 3.8) is 0 Å². The van der Waals surface area contributed by atoms with Gasteiger partial charge < -0.3 is 15.0 Å². The molecule has 1 atom stereocenters. The van der Waals surface area contributed by atoms with Crippen molar-refractivity contribution in [2.24, 2.45) is 0 Å². The van der Waals surface area contributed by atoms with Gasteiger partial charge in [-0.3, -0.25) is 4.79 Å². The molecule has 0 bridgehead atoms. The highest BCUT2D eigenvalue weighted by molar-refractivity contribution is 7.12. The Kier molecular flexibility index (Phi) is 4.32. The Balaban J connectivity index is 1.83. The van der Waals surface area contributed by atoms with Crippen LogP contribution in [0.5, 0.6) is 0 Å². The van der Waals surface area contributed by atoms with Crippen molar-refractivity contribution >= 4 is 23.3 Å². The summed E-state index contributed by atoms with van der Waals surface area (Å²) in [6.07, 6.45) is 0.446. The molecule has 1 unspecified atom stereocenters. The molecule has 0 saturated carbocycles. The van der Waals surface area contributed by atoms with E-state index in [1.54, 1.807) is 11.0 Å². The van der Waals surface area contributed by atoms with Crippen LogP contribution in [0.4, 0.5) is 4.79 Å². The van der Waals surface area contributed by atoms with Gasteiger partial charge in [-0.25, -0.2) is 4.79 Å². The molecule has 1 aliphatic heterocycles. The van der Waals surface area contributed by atoms with E-state index in [0.29, 0.717) is 18.0 Å². The monoisotopic (exact) mass is 296 g/mol. The predicted octanol–water partition coefficient (Wildman–Crippen LogP) is 2.49. The summed E-state index contributed by atoms with van der Waals surface area (Å²) in [5.74, 6) is -0.0731. The number of nitrogens with zero attached hydrogens (tertiary/aromatic N) is 1. The average Bonchev–Trinajstić information content (AvgIpc) is 2.97. The largest absolute Gasteiger partial charge is 0.444 e. The first-order valence-corrected chi connectivity index (χ1v) is 7.55. The van der Waals surface area contributed by atoms with E-state index in [4.69, 9.17) is 4.74 Å². The van der Waals surface area contributed by atoms with E-state index < -0.39 is 5.60 Å². The number of ether oxygens (including phenoxy) is 1. The van der Waals surface area contributed by atoms with Crippen LogP contribution in [-0.2, 0) is 4.74 Å². The van der Waals surface area contributed by atoms with Crippen molar-refractivity contribution in [1.82, 2.24) is 10.2 Å². The van der Waals surface area contributed by atoms with E-state index in [1.165, 1.54) is 11.3 Å². The van der Waals surface area contributed by atoms with E-state index >= 15 is 0 Å². The van der Waals surface area contributed by atoms with Crippen LogP contribution in [0.3, 0.4) is 0 Å². The molecule has 110 valence electrons. The lowest BCUT2D eigenvalue weighted by atomic mass is 10.2. The van der Waals surface area contributed by atoms with Crippen LogP contribution in [0.15, 0.2) is 17.5 Å². The first-order valence-electron chi connectivity index (χ1n) is 6.67. The third kappa shape index (κ3) is 3.96. The van der Waals surface area contributed by atoms with Gasteiger partial charge in [0.15, 0.2) is 0 Å². The molecule has 1 fully saturated rings. The molecule has 0 radical (unpaired) electrons. The van der Waals surface area contributed by atoms with Gasteiger partial charge in [-0.05, 0) is 38.6 Å².